The summed E-state index contributed by atoms with van der Waals surface area (Å²) in [6.45, 7) is 3.29. The molecule has 0 atom stereocenters. The molecule has 0 aliphatic carbocycles. The summed E-state index contributed by atoms with van der Waals surface area (Å²) >= 11 is 0. The number of carbonyl (C=O) groups is 1. The third kappa shape index (κ3) is 2.84. The highest BCUT2D eigenvalue weighted by Crippen LogP contribution is 2.21. The van der Waals surface area contributed by atoms with Gasteiger partial charge >= 0.3 is 5.91 Å². The predicted molar refractivity (Wildman–Crippen MR) is 81.2 cm³/mol. The minimum atomic E-state index is -0.532. The van der Waals surface area contributed by atoms with Crippen molar-refractivity contribution in [1.82, 2.24) is 19.9 Å². The van der Waals surface area contributed by atoms with Gasteiger partial charge in [0.15, 0.2) is 16.4 Å². The lowest BCUT2D eigenvalue weighted by Gasteiger charge is -1.99. The summed E-state index contributed by atoms with van der Waals surface area (Å²) in [7, 11) is 0. The largest absolute Gasteiger partial charge is 0.352 e. The number of carbonyl (C=O) groups excluding carboxylic acids is 1. The lowest BCUT2D eigenvalue weighted by molar-refractivity contribution is -0.113. The molecule has 106 valence electrons. The van der Waals surface area contributed by atoms with E-state index in [1.165, 1.54) is 0 Å². The maximum atomic E-state index is 10.9. The normalized spacial score (nSPS) is 10.0. The average Bonchev–Trinajstić information content (AvgIpc) is 3.03. The molecular formula is C15H11N6O+. The van der Waals surface area contributed by atoms with Crippen LogP contribution in [0.2, 0.25) is 0 Å². The Balaban J connectivity index is 1.85. The molecule has 3 rings (SSSR count). The Morgan fingerprint density at radius 2 is 2.09 bits per heavy atom. The maximum Gasteiger partial charge on any atom is 0.352 e. The van der Waals surface area contributed by atoms with Gasteiger partial charge < -0.3 is 4.98 Å². The van der Waals surface area contributed by atoms with E-state index in [0.29, 0.717) is 5.69 Å². The standard InChI is InChI=1S/C15H10N6O/c1-2-14(22)20-21-19-11-5-3-10(4-6-11)13-9-17-15-12(18-13)7-8-16-15/h2-9H,1H2/p+1. The third-order valence-corrected chi connectivity index (χ3v) is 2.90. The molecule has 1 N–H and O–H groups in total. The van der Waals surface area contributed by atoms with E-state index in [1.807, 2.05) is 18.2 Å². The summed E-state index contributed by atoms with van der Waals surface area (Å²) in [5.74, 6) is -0.532. The molecular weight excluding hydrogens is 280 g/mol. The Labute approximate surface area is 125 Å². The molecule has 1 amide bonds. The Hall–Kier alpha value is -3.44. The first-order valence-corrected chi connectivity index (χ1v) is 6.45. The number of aromatic nitrogens is 3. The van der Waals surface area contributed by atoms with Crippen LogP contribution < -0.4 is 4.91 Å². The molecule has 22 heavy (non-hydrogen) atoms. The smallest absolute Gasteiger partial charge is 0.345 e. The number of hydrogen-bond acceptors (Lipinski definition) is 4. The number of fused-ring (bicyclic) bond motifs is 1. The minimum Gasteiger partial charge on any atom is -0.345 e. The van der Waals surface area contributed by atoms with Gasteiger partial charge in [-0.15, -0.1) is 0 Å². The van der Waals surface area contributed by atoms with Crippen LogP contribution in [0.1, 0.15) is 0 Å². The fraction of sp³-hybridized carbons (Fsp3) is 0. The molecule has 1 aromatic carbocycles. The van der Waals surface area contributed by atoms with Gasteiger partial charge in [-0.2, -0.15) is 0 Å². The van der Waals surface area contributed by atoms with Crippen LogP contribution in [0, 0.1) is 0 Å². The highest BCUT2D eigenvalue weighted by molar-refractivity contribution is 5.86. The number of nitrogens with one attached hydrogen (secondary N) is 1. The molecule has 2 aromatic heterocycles. The van der Waals surface area contributed by atoms with E-state index < -0.39 is 5.91 Å². The number of nitrogens with zero attached hydrogens (tertiary/aromatic N) is 5. The third-order valence-electron chi connectivity index (χ3n) is 2.90. The second-order valence-electron chi connectivity index (χ2n) is 4.35. The van der Waals surface area contributed by atoms with E-state index in [2.05, 4.69) is 36.7 Å². The molecule has 7 heteroatoms. The SMILES string of the molecule is C=CC(=O)N=[N+]=Nc1ccc(-c2cnc3[nH]ccc3n2)cc1. The van der Waals surface area contributed by atoms with Crippen LogP contribution in [0.3, 0.4) is 0 Å². The van der Waals surface area contributed by atoms with E-state index in [4.69, 9.17) is 0 Å². The molecule has 3 aromatic rings. The van der Waals surface area contributed by atoms with E-state index in [-0.39, 0.29) is 0 Å². The molecule has 0 aliphatic rings. The van der Waals surface area contributed by atoms with E-state index >= 15 is 0 Å². The summed E-state index contributed by atoms with van der Waals surface area (Å²) in [4.78, 5) is 26.1. The summed E-state index contributed by atoms with van der Waals surface area (Å²) in [6, 6.07) is 9.09. The fourth-order valence-corrected chi connectivity index (χ4v) is 1.83. The van der Waals surface area contributed by atoms with Crippen molar-refractivity contribution in [2.75, 3.05) is 0 Å². The highest BCUT2D eigenvalue weighted by Gasteiger charge is 2.04. The molecule has 0 unspecified atom stereocenters. The van der Waals surface area contributed by atoms with Gasteiger partial charge in [0.25, 0.3) is 0 Å². The molecule has 0 radical (unpaired) electrons. The predicted octanol–water partition coefficient (Wildman–Crippen LogP) is 2.94. The van der Waals surface area contributed by atoms with E-state index in [9.17, 15) is 4.79 Å². The number of hydrogen-bond donors (Lipinski definition) is 1. The van der Waals surface area contributed by atoms with Crippen molar-refractivity contribution in [3.8, 4) is 11.3 Å². The van der Waals surface area contributed by atoms with Gasteiger partial charge in [-0.05, 0) is 18.2 Å². The second-order valence-corrected chi connectivity index (χ2v) is 4.35. The van der Waals surface area contributed by atoms with Gasteiger partial charge in [0.1, 0.15) is 5.52 Å². The fourth-order valence-electron chi connectivity index (χ4n) is 1.83. The monoisotopic (exact) mass is 291 g/mol. The zero-order chi connectivity index (χ0) is 15.4. The van der Waals surface area contributed by atoms with Crippen LogP contribution >= 0.6 is 0 Å². The van der Waals surface area contributed by atoms with Gasteiger partial charge in [0.2, 0.25) is 10.0 Å². The zero-order valence-corrected chi connectivity index (χ0v) is 11.5. The van der Waals surface area contributed by atoms with Crippen molar-refractivity contribution < 1.29 is 4.79 Å². The Morgan fingerprint density at radius 3 is 2.86 bits per heavy atom. The Bertz CT molecular complexity index is 903. The molecule has 0 aliphatic heterocycles. The molecule has 7 nitrogen and oxygen atoms in total. The van der Waals surface area contributed by atoms with Crippen LogP contribution in [0.4, 0.5) is 5.69 Å². The molecule has 0 bridgehead atoms. The quantitative estimate of drug-likeness (QED) is 0.456. The molecule has 0 spiro atoms. The van der Waals surface area contributed by atoms with Crippen LogP contribution in [-0.2, 0) is 4.79 Å². The van der Waals surface area contributed by atoms with Gasteiger partial charge in [-0.1, -0.05) is 18.7 Å². The average molecular weight is 291 g/mol. The summed E-state index contributed by atoms with van der Waals surface area (Å²) in [5.41, 5.74) is 3.82. The number of rotatable bonds is 3. The first-order chi connectivity index (χ1) is 10.8. The first-order valence-electron chi connectivity index (χ1n) is 6.45. The molecule has 0 fully saturated rings. The maximum absolute atomic E-state index is 10.9. The van der Waals surface area contributed by atoms with E-state index in [0.717, 1.165) is 28.5 Å². The van der Waals surface area contributed by atoms with Gasteiger partial charge in [-0.3, -0.25) is 4.79 Å². The topological polar surface area (TPSA) is 97.5 Å². The Kier molecular flexibility index (Phi) is 3.63. The zero-order valence-electron chi connectivity index (χ0n) is 11.5. The van der Waals surface area contributed by atoms with Crippen molar-refractivity contribution in [2.45, 2.75) is 0 Å². The second kappa shape index (κ2) is 5.90. The van der Waals surface area contributed by atoms with Gasteiger partial charge in [0, 0.05) is 17.8 Å². The van der Waals surface area contributed by atoms with Crippen LogP contribution in [0.15, 0.2) is 65.6 Å². The summed E-state index contributed by atoms with van der Waals surface area (Å²) < 4.78 is 0. The first kappa shape index (κ1) is 13.5. The van der Waals surface area contributed by atoms with Crippen LogP contribution in [0.25, 0.3) is 22.4 Å². The van der Waals surface area contributed by atoms with Crippen molar-refractivity contribution in [1.29, 1.82) is 0 Å². The highest BCUT2D eigenvalue weighted by atomic mass is 16.1. The van der Waals surface area contributed by atoms with Crippen LogP contribution in [-0.4, -0.2) is 20.9 Å². The lowest BCUT2D eigenvalue weighted by Crippen LogP contribution is -1.86. The Morgan fingerprint density at radius 1 is 1.27 bits per heavy atom. The molecule has 0 saturated carbocycles. The van der Waals surface area contributed by atoms with Crippen molar-refractivity contribution in [3.63, 3.8) is 0 Å². The summed E-state index contributed by atoms with van der Waals surface area (Å²) in [5, 5.41) is 7.14. The van der Waals surface area contributed by atoms with Crippen molar-refractivity contribution in [3.05, 3.63) is 55.4 Å². The number of amides is 1. The van der Waals surface area contributed by atoms with Crippen molar-refractivity contribution in [2.24, 2.45) is 10.2 Å². The minimum absolute atomic E-state index is 0.532. The number of aromatic amines is 1. The number of H-pyrrole nitrogens is 1. The number of benzene rings is 1. The van der Waals surface area contributed by atoms with Crippen molar-refractivity contribution >= 4 is 22.8 Å². The molecule has 0 saturated heterocycles. The summed E-state index contributed by atoms with van der Waals surface area (Å²) in [6.07, 6.45) is 4.57. The van der Waals surface area contributed by atoms with Gasteiger partial charge in [-0.25, -0.2) is 9.97 Å². The van der Waals surface area contributed by atoms with Gasteiger partial charge in [0.05, 0.1) is 11.9 Å². The molecule has 2 heterocycles. The van der Waals surface area contributed by atoms with Crippen LogP contribution in [0.5, 0.6) is 0 Å². The lowest BCUT2D eigenvalue weighted by atomic mass is 10.1. The van der Waals surface area contributed by atoms with E-state index in [1.54, 1.807) is 24.5 Å².